The molecule has 0 unspecified atom stereocenters. The van der Waals surface area contributed by atoms with E-state index in [9.17, 15) is 9.90 Å². The second kappa shape index (κ2) is 7.80. The predicted molar refractivity (Wildman–Crippen MR) is 104 cm³/mol. The van der Waals surface area contributed by atoms with Crippen molar-refractivity contribution in [3.8, 4) is 11.4 Å². The number of halogens is 1. The van der Waals surface area contributed by atoms with Gasteiger partial charge >= 0.3 is 5.97 Å². The van der Waals surface area contributed by atoms with Crippen LogP contribution in [0.1, 0.15) is 24.5 Å². The van der Waals surface area contributed by atoms with E-state index in [4.69, 9.17) is 16.3 Å². The minimum atomic E-state index is -0.385. The van der Waals surface area contributed by atoms with Crippen LogP contribution >= 0.6 is 11.6 Å². The van der Waals surface area contributed by atoms with Crippen LogP contribution in [0.25, 0.3) is 16.7 Å². The van der Waals surface area contributed by atoms with Crippen LogP contribution in [0.2, 0.25) is 5.02 Å². The van der Waals surface area contributed by atoms with Crippen LogP contribution in [0, 0.1) is 6.92 Å². The van der Waals surface area contributed by atoms with Gasteiger partial charge in [-0.05, 0) is 62.1 Å². The zero-order chi connectivity index (χ0) is 19.6. The topological polar surface area (TPSA) is 77.2 Å². The van der Waals surface area contributed by atoms with E-state index >= 15 is 0 Å². The largest absolute Gasteiger partial charge is 0.505 e. The summed E-state index contributed by atoms with van der Waals surface area (Å²) in [6, 6.07) is 8.99. The van der Waals surface area contributed by atoms with Gasteiger partial charge in [0.1, 0.15) is 22.5 Å². The monoisotopic (exact) mass is 385 g/mol. The fraction of sp³-hybridized carbons (Fsp3) is 0.250. The second-order valence-electron chi connectivity index (χ2n) is 6.42. The third-order valence-electron chi connectivity index (χ3n) is 4.09. The van der Waals surface area contributed by atoms with Crippen molar-refractivity contribution in [2.45, 2.75) is 26.7 Å². The summed E-state index contributed by atoms with van der Waals surface area (Å²) >= 11 is 6.00. The molecule has 0 atom stereocenters. The van der Waals surface area contributed by atoms with Crippen molar-refractivity contribution in [3.63, 3.8) is 0 Å². The maximum atomic E-state index is 11.4. The van der Waals surface area contributed by atoms with Crippen molar-refractivity contribution in [3.05, 3.63) is 58.6 Å². The van der Waals surface area contributed by atoms with Crippen molar-refractivity contribution >= 4 is 28.6 Å². The Bertz CT molecular complexity index is 1030. The number of carbonyl (C=O) groups is 1. The molecule has 0 aliphatic carbocycles. The highest BCUT2D eigenvalue weighted by atomic mass is 35.5. The SMILES string of the molecule is C=C(C)C(=O)OCCCc1cc(C)c(O)c(-n2nc3ccc(Cl)cc3n2)c1. The molecule has 0 fully saturated rings. The van der Waals surface area contributed by atoms with Crippen molar-refractivity contribution in [2.75, 3.05) is 6.61 Å². The van der Waals surface area contributed by atoms with Gasteiger partial charge in [0.2, 0.25) is 0 Å². The van der Waals surface area contributed by atoms with Crippen LogP contribution < -0.4 is 0 Å². The highest BCUT2D eigenvalue weighted by molar-refractivity contribution is 6.31. The molecule has 6 nitrogen and oxygen atoms in total. The summed E-state index contributed by atoms with van der Waals surface area (Å²) < 4.78 is 5.11. The Morgan fingerprint density at radius 1 is 1.26 bits per heavy atom. The fourth-order valence-corrected chi connectivity index (χ4v) is 2.86. The number of phenolic OH excluding ortho intramolecular Hbond substituents is 1. The third-order valence-corrected chi connectivity index (χ3v) is 4.32. The summed E-state index contributed by atoms with van der Waals surface area (Å²) in [5.74, 6) is -0.262. The molecule has 7 heteroatoms. The molecule has 0 radical (unpaired) electrons. The Morgan fingerprint density at radius 3 is 2.74 bits per heavy atom. The molecule has 0 spiro atoms. The average molecular weight is 386 g/mol. The van der Waals surface area contributed by atoms with Gasteiger partial charge in [0.25, 0.3) is 0 Å². The number of hydrogen-bond acceptors (Lipinski definition) is 5. The van der Waals surface area contributed by atoms with Gasteiger partial charge in [-0.2, -0.15) is 0 Å². The lowest BCUT2D eigenvalue weighted by Crippen LogP contribution is -2.07. The van der Waals surface area contributed by atoms with Gasteiger partial charge < -0.3 is 9.84 Å². The first-order chi connectivity index (χ1) is 12.8. The molecule has 0 saturated carbocycles. The number of aromatic nitrogens is 3. The molecule has 140 valence electrons. The van der Waals surface area contributed by atoms with Crippen LogP contribution in [0.3, 0.4) is 0 Å². The number of fused-ring (bicyclic) bond motifs is 1. The van der Waals surface area contributed by atoms with Crippen LogP contribution in [-0.4, -0.2) is 32.7 Å². The molecule has 0 aliphatic heterocycles. The van der Waals surface area contributed by atoms with Gasteiger partial charge in [0.05, 0.1) is 6.61 Å². The number of ether oxygens (including phenoxy) is 1. The van der Waals surface area contributed by atoms with E-state index in [-0.39, 0.29) is 11.7 Å². The molecule has 27 heavy (non-hydrogen) atoms. The maximum absolute atomic E-state index is 11.4. The maximum Gasteiger partial charge on any atom is 0.333 e. The molecule has 2 aromatic carbocycles. The lowest BCUT2D eigenvalue weighted by atomic mass is 10.0. The van der Waals surface area contributed by atoms with E-state index in [1.807, 2.05) is 19.1 Å². The molecule has 0 bridgehead atoms. The van der Waals surface area contributed by atoms with Gasteiger partial charge in [0.15, 0.2) is 0 Å². The number of aromatic hydroxyl groups is 1. The number of carbonyl (C=O) groups excluding carboxylic acids is 1. The van der Waals surface area contributed by atoms with E-state index in [2.05, 4.69) is 16.8 Å². The van der Waals surface area contributed by atoms with Gasteiger partial charge in [-0.3, -0.25) is 0 Å². The van der Waals surface area contributed by atoms with Gasteiger partial charge in [0, 0.05) is 10.6 Å². The summed E-state index contributed by atoms with van der Waals surface area (Å²) in [5, 5.41) is 19.9. The van der Waals surface area contributed by atoms with E-state index in [0.29, 0.717) is 46.8 Å². The predicted octanol–water partition coefficient (Wildman–Crippen LogP) is 4.14. The molecular weight excluding hydrogens is 366 g/mol. The smallest absolute Gasteiger partial charge is 0.333 e. The van der Waals surface area contributed by atoms with Crippen LogP contribution in [0.4, 0.5) is 0 Å². The molecule has 0 amide bonds. The van der Waals surface area contributed by atoms with E-state index in [1.165, 1.54) is 4.80 Å². The van der Waals surface area contributed by atoms with Gasteiger partial charge in [-0.1, -0.05) is 24.2 Å². The van der Waals surface area contributed by atoms with E-state index in [1.54, 1.807) is 25.1 Å². The number of phenols is 1. The first-order valence-electron chi connectivity index (χ1n) is 8.53. The van der Waals surface area contributed by atoms with E-state index < -0.39 is 0 Å². The number of esters is 1. The standard InChI is InChI=1S/C20H20ClN3O3/c1-12(2)20(26)27-8-4-5-14-9-13(3)19(25)18(10-14)24-22-16-7-6-15(21)11-17(16)23-24/h6-7,9-11,25H,1,4-5,8H2,2-3H3. The number of aryl methyl sites for hydroxylation is 2. The Labute approximate surface area is 162 Å². The minimum absolute atomic E-state index is 0.124. The van der Waals surface area contributed by atoms with Crippen molar-refractivity contribution < 1.29 is 14.6 Å². The molecule has 1 aromatic heterocycles. The van der Waals surface area contributed by atoms with Crippen LogP contribution in [0.15, 0.2) is 42.5 Å². The molecular formula is C20H20ClN3O3. The molecule has 3 aromatic rings. The minimum Gasteiger partial charge on any atom is -0.505 e. The lowest BCUT2D eigenvalue weighted by Gasteiger charge is -2.10. The van der Waals surface area contributed by atoms with Crippen molar-refractivity contribution in [1.82, 2.24) is 15.0 Å². The van der Waals surface area contributed by atoms with Crippen LogP contribution in [-0.2, 0) is 16.0 Å². The fourth-order valence-electron chi connectivity index (χ4n) is 2.69. The Kier molecular flexibility index (Phi) is 5.46. The molecule has 1 heterocycles. The van der Waals surface area contributed by atoms with Gasteiger partial charge in [-0.15, -0.1) is 15.0 Å². The van der Waals surface area contributed by atoms with Gasteiger partial charge in [-0.25, -0.2) is 4.79 Å². The molecule has 3 rings (SSSR count). The first-order valence-corrected chi connectivity index (χ1v) is 8.91. The van der Waals surface area contributed by atoms with Crippen LogP contribution in [0.5, 0.6) is 5.75 Å². The lowest BCUT2D eigenvalue weighted by molar-refractivity contribution is -0.139. The van der Waals surface area contributed by atoms with Crippen molar-refractivity contribution in [2.24, 2.45) is 0 Å². The Balaban J connectivity index is 1.81. The summed E-state index contributed by atoms with van der Waals surface area (Å²) in [5.41, 5.74) is 3.93. The zero-order valence-corrected chi connectivity index (χ0v) is 16.0. The number of rotatable bonds is 6. The van der Waals surface area contributed by atoms with E-state index in [0.717, 1.165) is 11.1 Å². The number of nitrogens with zero attached hydrogens (tertiary/aromatic N) is 3. The number of benzene rings is 2. The summed E-state index contributed by atoms with van der Waals surface area (Å²) in [4.78, 5) is 12.8. The normalized spacial score (nSPS) is 10.9. The van der Waals surface area contributed by atoms with Crippen molar-refractivity contribution in [1.29, 1.82) is 0 Å². The number of hydrogen-bond donors (Lipinski definition) is 1. The average Bonchev–Trinajstić information content (AvgIpc) is 3.03. The second-order valence-corrected chi connectivity index (χ2v) is 6.86. The highest BCUT2D eigenvalue weighted by Crippen LogP contribution is 2.28. The third kappa shape index (κ3) is 4.28. The molecule has 0 saturated heterocycles. The summed E-state index contributed by atoms with van der Waals surface area (Å²) in [6.07, 6.45) is 1.34. The first kappa shape index (κ1) is 18.9. The highest BCUT2D eigenvalue weighted by Gasteiger charge is 2.13. The summed E-state index contributed by atoms with van der Waals surface area (Å²) in [7, 11) is 0. The zero-order valence-electron chi connectivity index (χ0n) is 15.2. The molecule has 1 N–H and O–H groups in total. The molecule has 0 aliphatic rings. The Hall–Kier alpha value is -2.86. The quantitative estimate of drug-likeness (QED) is 0.392. The Morgan fingerprint density at radius 2 is 2.00 bits per heavy atom. The summed E-state index contributed by atoms with van der Waals surface area (Å²) in [6.45, 7) is 7.30.